The van der Waals surface area contributed by atoms with Crippen molar-refractivity contribution in [3.63, 3.8) is 0 Å². The van der Waals surface area contributed by atoms with Crippen LogP contribution in [0.2, 0.25) is 5.02 Å². The summed E-state index contributed by atoms with van der Waals surface area (Å²) in [6.07, 6.45) is 0. The second-order valence-electron chi connectivity index (χ2n) is 15.7. The molecule has 0 atom stereocenters. The Morgan fingerprint density at radius 1 is 0.359 bits per heavy atom. The Kier molecular flexibility index (Phi) is 10.7. The number of carbonyl (C=O) groups is 2. The van der Waals surface area contributed by atoms with E-state index in [4.69, 9.17) is 25.8 Å². The van der Waals surface area contributed by atoms with Gasteiger partial charge >= 0.3 is 0 Å². The summed E-state index contributed by atoms with van der Waals surface area (Å²) in [7, 11) is 0. The van der Waals surface area contributed by atoms with Gasteiger partial charge in [-0.15, -0.1) is 0 Å². The first-order valence-electron chi connectivity index (χ1n) is 21.0. The maximum absolute atomic E-state index is 13.4. The van der Waals surface area contributed by atoms with Crippen molar-refractivity contribution in [1.82, 2.24) is 0 Å². The quantitative estimate of drug-likeness (QED) is 0.115. The molecule has 10 rings (SSSR count). The summed E-state index contributed by atoms with van der Waals surface area (Å²) in [5.41, 5.74) is 9.73. The SMILES string of the molecule is Cc1ccc(Oc2ccc(C(=O)c3ccc(Oc4ccc(C5(c6ccc(Oc7ccc(C(=O)c8ccc(Cl)cc8)cc7)cc6)c6ccccc6-c6ccccc65)cc4)cc3)cc2)cc1. The lowest BCUT2D eigenvalue weighted by Gasteiger charge is -2.34. The van der Waals surface area contributed by atoms with Gasteiger partial charge in [0.05, 0.1) is 5.41 Å². The molecule has 0 radical (unpaired) electrons. The lowest BCUT2D eigenvalue weighted by atomic mass is 9.68. The van der Waals surface area contributed by atoms with Crippen LogP contribution in [-0.4, -0.2) is 11.6 Å². The highest BCUT2D eigenvalue weighted by Gasteiger charge is 2.45. The van der Waals surface area contributed by atoms with E-state index in [0.29, 0.717) is 56.0 Å². The molecule has 0 heterocycles. The zero-order valence-corrected chi connectivity index (χ0v) is 35.5. The third-order valence-corrected chi connectivity index (χ3v) is 12.0. The second-order valence-corrected chi connectivity index (χ2v) is 16.2. The van der Waals surface area contributed by atoms with Crippen molar-refractivity contribution in [2.24, 2.45) is 0 Å². The molecular weight excluding hydrogens is 812 g/mol. The number of fused-ring (bicyclic) bond motifs is 3. The molecule has 0 fully saturated rings. The zero-order chi connectivity index (χ0) is 43.6. The van der Waals surface area contributed by atoms with E-state index < -0.39 is 5.41 Å². The molecule has 9 aromatic carbocycles. The molecule has 0 N–H and O–H groups in total. The summed E-state index contributed by atoms with van der Waals surface area (Å²) in [4.78, 5) is 26.4. The average Bonchev–Trinajstić information content (AvgIpc) is 3.64. The van der Waals surface area contributed by atoms with Crippen LogP contribution >= 0.6 is 11.6 Å². The van der Waals surface area contributed by atoms with Gasteiger partial charge < -0.3 is 14.2 Å². The monoisotopic (exact) mass is 850 g/mol. The van der Waals surface area contributed by atoms with Crippen LogP contribution in [0.15, 0.2) is 218 Å². The van der Waals surface area contributed by atoms with E-state index in [1.165, 1.54) is 22.3 Å². The van der Waals surface area contributed by atoms with Gasteiger partial charge in [-0.25, -0.2) is 0 Å². The first-order chi connectivity index (χ1) is 31.3. The topological polar surface area (TPSA) is 61.8 Å². The molecule has 308 valence electrons. The highest BCUT2D eigenvalue weighted by atomic mass is 35.5. The molecule has 0 aromatic heterocycles. The molecule has 0 amide bonds. The molecule has 0 aliphatic heterocycles. The van der Waals surface area contributed by atoms with E-state index in [2.05, 4.69) is 72.8 Å². The van der Waals surface area contributed by atoms with Gasteiger partial charge in [-0.1, -0.05) is 102 Å². The minimum atomic E-state index is -0.624. The average molecular weight is 851 g/mol. The number of aryl methyl sites for hydroxylation is 1. The van der Waals surface area contributed by atoms with Crippen molar-refractivity contribution in [3.05, 3.63) is 273 Å². The molecule has 0 spiro atoms. The van der Waals surface area contributed by atoms with Crippen LogP contribution < -0.4 is 14.2 Å². The lowest BCUT2D eigenvalue weighted by Crippen LogP contribution is -2.28. The molecule has 64 heavy (non-hydrogen) atoms. The number of carbonyl (C=O) groups excluding carboxylic acids is 2. The minimum absolute atomic E-state index is 0.0824. The minimum Gasteiger partial charge on any atom is -0.457 e. The third kappa shape index (κ3) is 7.74. The lowest BCUT2D eigenvalue weighted by molar-refractivity contribution is 0.103. The van der Waals surface area contributed by atoms with Crippen LogP contribution in [-0.2, 0) is 5.41 Å². The van der Waals surface area contributed by atoms with Crippen molar-refractivity contribution >= 4 is 23.2 Å². The Morgan fingerprint density at radius 3 is 0.984 bits per heavy atom. The van der Waals surface area contributed by atoms with Crippen LogP contribution in [0.25, 0.3) is 11.1 Å². The molecule has 0 unspecified atom stereocenters. The van der Waals surface area contributed by atoms with Crippen LogP contribution in [0.5, 0.6) is 34.5 Å². The van der Waals surface area contributed by atoms with Crippen molar-refractivity contribution < 1.29 is 23.8 Å². The van der Waals surface area contributed by atoms with Gasteiger partial charge in [0, 0.05) is 27.3 Å². The summed E-state index contributed by atoms with van der Waals surface area (Å²) < 4.78 is 18.6. The van der Waals surface area contributed by atoms with Crippen molar-refractivity contribution in [2.75, 3.05) is 0 Å². The van der Waals surface area contributed by atoms with Crippen LogP contribution in [0.3, 0.4) is 0 Å². The molecule has 9 aromatic rings. The normalized spacial score (nSPS) is 12.2. The third-order valence-electron chi connectivity index (χ3n) is 11.7. The van der Waals surface area contributed by atoms with Gasteiger partial charge in [0.2, 0.25) is 0 Å². The highest BCUT2D eigenvalue weighted by Crippen LogP contribution is 2.56. The molecule has 1 aliphatic carbocycles. The highest BCUT2D eigenvalue weighted by molar-refractivity contribution is 6.30. The number of ketones is 2. The summed E-state index contributed by atoms with van der Waals surface area (Å²) in [5, 5.41) is 0.585. The standard InChI is InChI=1S/C58H39ClO5/c1-38-10-26-46(27-11-38)62-47-28-16-41(17-29-47)57(61)42-18-32-49(33-19-42)64-51-36-22-44(23-37-51)58(54-8-4-2-6-52(54)53-7-3-5-9-55(53)58)43-20-34-50(35-21-43)63-48-30-14-40(15-31-48)56(60)39-12-24-45(59)25-13-39/h2-37H,1H3. The fraction of sp³-hybridized carbons (Fsp3) is 0.0345. The van der Waals surface area contributed by atoms with Crippen LogP contribution in [0, 0.1) is 6.92 Å². The van der Waals surface area contributed by atoms with Gasteiger partial charge in [0.25, 0.3) is 0 Å². The molecule has 0 saturated heterocycles. The predicted molar refractivity (Wildman–Crippen MR) is 253 cm³/mol. The first kappa shape index (κ1) is 40.1. The van der Waals surface area contributed by atoms with Crippen molar-refractivity contribution in [3.8, 4) is 45.6 Å². The summed E-state index contributed by atoms with van der Waals surface area (Å²) >= 11 is 6.02. The Hall–Kier alpha value is -7.99. The molecule has 0 bridgehead atoms. The molecule has 6 heteroatoms. The van der Waals surface area contributed by atoms with Crippen molar-refractivity contribution in [1.29, 1.82) is 0 Å². The Morgan fingerprint density at radius 2 is 0.641 bits per heavy atom. The van der Waals surface area contributed by atoms with Gasteiger partial charge in [0.15, 0.2) is 11.6 Å². The molecule has 0 saturated carbocycles. The first-order valence-corrected chi connectivity index (χ1v) is 21.4. The Labute approximate surface area is 376 Å². The van der Waals surface area contributed by atoms with E-state index in [-0.39, 0.29) is 11.6 Å². The largest absolute Gasteiger partial charge is 0.457 e. The van der Waals surface area contributed by atoms with E-state index in [1.54, 1.807) is 60.7 Å². The number of benzene rings is 9. The van der Waals surface area contributed by atoms with Crippen LogP contribution in [0.1, 0.15) is 59.7 Å². The van der Waals surface area contributed by atoms with Gasteiger partial charge in [-0.3, -0.25) is 9.59 Å². The summed E-state index contributed by atoms with van der Waals surface area (Å²) in [6.45, 7) is 2.03. The predicted octanol–water partition coefficient (Wildman–Crippen LogP) is 14.9. The Balaban J connectivity index is 0.881. The van der Waals surface area contributed by atoms with Crippen LogP contribution in [0.4, 0.5) is 0 Å². The number of halogens is 1. The second kappa shape index (κ2) is 17.1. The Bertz CT molecular complexity index is 3080. The number of hydrogen-bond donors (Lipinski definition) is 0. The molecular formula is C58H39ClO5. The maximum Gasteiger partial charge on any atom is 0.193 e. The smallest absolute Gasteiger partial charge is 0.193 e. The number of rotatable bonds is 12. The van der Waals surface area contributed by atoms with Gasteiger partial charge in [-0.05, 0) is 174 Å². The number of ether oxygens (including phenoxy) is 3. The molecule has 5 nitrogen and oxygen atoms in total. The summed E-state index contributed by atoms with van der Waals surface area (Å²) in [6, 6.07) is 70.0. The summed E-state index contributed by atoms with van der Waals surface area (Å²) in [5.74, 6) is 3.83. The van der Waals surface area contributed by atoms with Crippen molar-refractivity contribution in [2.45, 2.75) is 12.3 Å². The van der Waals surface area contributed by atoms with E-state index >= 15 is 0 Å². The van der Waals surface area contributed by atoms with Gasteiger partial charge in [0.1, 0.15) is 34.5 Å². The fourth-order valence-electron chi connectivity index (χ4n) is 8.54. The fourth-order valence-corrected chi connectivity index (χ4v) is 8.67. The van der Waals surface area contributed by atoms with E-state index in [9.17, 15) is 9.59 Å². The van der Waals surface area contributed by atoms with Gasteiger partial charge in [-0.2, -0.15) is 0 Å². The zero-order valence-electron chi connectivity index (χ0n) is 34.7. The van der Waals surface area contributed by atoms with E-state index in [1.807, 2.05) is 91.9 Å². The van der Waals surface area contributed by atoms with E-state index in [0.717, 1.165) is 22.4 Å². The maximum atomic E-state index is 13.4. The number of hydrogen-bond acceptors (Lipinski definition) is 5. The molecule has 1 aliphatic rings.